The molecule has 0 aliphatic rings. The van der Waals surface area contributed by atoms with Crippen LogP contribution in [0.3, 0.4) is 0 Å². The van der Waals surface area contributed by atoms with E-state index in [9.17, 15) is 8.42 Å². The molecule has 8 nitrogen and oxygen atoms in total. The van der Waals surface area contributed by atoms with Gasteiger partial charge in [-0.15, -0.1) is 0 Å². The molecule has 2 aromatic heterocycles. The molecule has 0 amide bonds. The van der Waals surface area contributed by atoms with Gasteiger partial charge in [-0.2, -0.15) is 10.2 Å². The van der Waals surface area contributed by atoms with Gasteiger partial charge in [0, 0.05) is 25.4 Å². The van der Waals surface area contributed by atoms with E-state index in [-0.39, 0.29) is 16.8 Å². The van der Waals surface area contributed by atoms with Gasteiger partial charge in [-0.1, -0.05) is 0 Å². The second-order valence-electron chi connectivity index (χ2n) is 4.41. The van der Waals surface area contributed by atoms with E-state index in [1.54, 1.807) is 17.8 Å². The fourth-order valence-electron chi connectivity index (χ4n) is 1.69. The first-order valence-electron chi connectivity index (χ1n) is 5.66. The van der Waals surface area contributed by atoms with Gasteiger partial charge in [0.15, 0.2) is 5.82 Å². The van der Waals surface area contributed by atoms with Crippen LogP contribution < -0.4 is 10.5 Å². The standard InChI is InChI=1S/C10H16N6O2S/c1-7(2)16-9(4-5-12-16)14-19(17,18)8-6-15(3)13-10(8)11/h4-7,14H,1-3H3,(H2,11,13). The van der Waals surface area contributed by atoms with Crippen LogP contribution in [0, 0.1) is 0 Å². The van der Waals surface area contributed by atoms with Crippen LogP contribution in [0.5, 0.6) is 0 Å². The highest BCUT2D eigenvalue weighted by Crippen LogP contribution is 2.21. The largest absolute Gasteiger partial charge is 0.381 e. The second-order valence-corrected chi connectivity index (χ2v) is 6.06. The zero-order chi connectivity index (χ0) is 14.2. The van der Waals surface area contributed by atoms with Gasteiger partial charge < -0.3 is 5.73 Å². The van der Waals surface area contributed by atoms with Crippen LogP contribution >= 0.6 is 0 Å². The lowest BCUT2D eigenvalue weighted by atomic mass is 10.4. The minimum atomic E-state index is -3.77. The molecule has 0 unspecified atom stereocenters. The molecule has 0 atom stereocenters. The lowest BCUT2D eigenvalue weighted by molar-refractivity contribution is 0.539. The Morgan fingerprint density at radius 3 is 2.63 bits per heavy atom. The maximum absolute atomic E-state index is 12.2. The Labute approximate surface area is 111 Å². The van der Waals surface area contributed by atoms with Crippen molar-refractivity contribution in [3.05, 3.63) is 18.5 Å². The van der Waals surface area contributed by atoms with Crippen LogP contribution in [-0.2, 0) is 17.1 Å². The van der Waals surface area contributed by atoms with Crippen molar-refractivity contribution in [1.82, 2.24) is 19.6 Å². The zero-order valence-electron chi connectivity index (χ0n) is 10.9. The molecule has 0 saturated heterocycles. The number of aromatic nitrogens is 4. The van der Waals surface area contributed by atoms with Crippen LogP contribution in [0.2, 0.25) is 0 Å². The summed E-state index contributed by atoms with van der Waals surface area (Å²) in [6, 6.07) is 1.63. The number of nitrogen functional groups attached to an aromatic ring is 1. The fraction of sp³-hybridized carbons (Fsp3) is 0.400. The van der Waals surface area contributed by atoms with Gasteiger partial charge in [-0.05, 0) is 13.8 Å². The quantitative estimate of drug-likeness (QED) is 0.853. The number of rotatable bonds is 4. The summed E-state index contributed by atoms with van der Waals surface area (Å²) in [5, 5.41) is 7.88. The molecule has 0 saturated carbocycles. The van der Waals surface area contributed by atoms with E-state index in [1.165, 1.54) is 17.1 Å². The molecule has 0 radical (unpaired) electrons. The van der Waals surface area contributed by atoms with E-state index in [4.69, 9.17) is 5.73 Å². The Hall–Kier alpha value is -2.03. The number of nitrogens with two attached hydrogens (primary N) is 1. The molecule has 0 bridgehead atoms. The van der Waals surface area contributed by atoms with Gasteiger partial charge in [0.25, 0.3) is 10.0 Å². The molecule has 3 N–H and O–H groups in total. The van der Waals surface area contributed by atoms with Crippen LogP contribution in [0.1, 0.15) is 19.9 Å². The van der Waals surface area contributed by atoms with Gasteiger partial charge in [0.05, 0.1) is 6.20 Å². The third-order valence-electron chi connectivity index (χ3n) is 2.51. The Balaban J connectivity index is 2.37. The molecule has 0 aliphatic heterocycles. The van der Waals surface area contributed by atoms with Gasteiger partial charge >= 0.3 is 0 Å². The average Bonchev–Trinajstić information content (AvgIpc) is 2.84. The normalized spacial score (nSPS) is 12.0. The number of sulfonamides is 1. The smallest absolute Gasteiger partial charge is 0.268 e. The van der Waals surface area contributed by atoms with Crippen LogP contribution in [0.25, 0.3) is 0 Å². The van der Waals surface area contributed by atoms with E-state index >= 15 is 0 Å². The first-order valence-corrected chi connectivity index (χ1v) is 7.15. The first kappa shape index (κ1) is 13.4. The summed E-state index contributed by atoms with van der Waals surface area (Å²) in [4.78, 5) is -0.0495. The fourth-order valence-corrected chi connectivity index (χ4v) is 2.84. The molecule has 9 heteroatoms. The summed E-state index contributed by atoms with van der Waals surface area (Å²) in [6.45, 7) is 3.81. The summed E-state index contributed by atoms with van der Waals surface area (Å²) in [5.74, 6) is 0.351. The molecule has 2 aromatic rings. The molecule has 104 valence electrons. The molecule has 0 aromatic carbocycles. The van der Waals surface area contributed by atoms with Crippen molar-refractivity contribution in [2.45, 2.75) is 24.8 Å². The molecule has 0 spiro atoms. The van der Waals surface area contributed by atoms with Crippen molar-refractivity contribution >= 4 is 21.7 Å². The number of hydrogen-bond acceptors (Lipinski definition) is 5. The third-order valence-corrected chi connectivity index (χ3v) is 3.88. The van der Waals surface area contributed by atoms with E-state index in [2.05, 4.69) is 14.9 Å². The van der Waals surface area contributed by atoms with Crippen molar-refractivity contribution < 1.29 is 8.42 Å². The highest BCUT2D eigenvalue weighted by molar-refractivity contribution is 7.92. The highest BCUT2D eigenvalue weighted by Gasteiger charge is 2.22. The summed E-state index contributed by atoms with van der Waals surface area (Å²) >= 11 is 0. The van der Waals surface area contributed by atoms with Crippen LogP contribution in [0.15, 0.2) is 23.4 Å². The van der Waals surface area contributed by atoms with Crippen molar-refractivity contribution in [3.63, 3.8) is 0 Å². The maximum atomic E-state index is 12.2. The summed E-state index contributed by atoms with van der Waals surface area (Å²) in [5.41, 5.74) is 5.58. The van der Waals surface area contributed by atoms with Crippen LogP contribution in [-0.4, -0.2) is 28.0 Å². The molecule has 0 aliphatic carbocycles. The lowest BCUT2D eigenvalue weighted by Crippen LogP contribution is -2.17. The van der Waals surface area contributed by atoms with Gasteiger partial charge in [0.2, 0.25) is 0 Å². The number of anilines is 2. The van der Waals surface area contributed by atoms with Gasteiger partial charge in [-0.3, -0.25) is 9.40 Å². The first-order chi connectivity index (χ1) is 8.81. The average molecular weight is 284 g/mol. The van der Waals surface area contributed by atoms with Gasteiger partial charge in [0.1, 0.15) is 10.7 Å². The number of hydrogen-bond donors (Lipinski definition) is 2. The SMILES string of the molecule is CC(C)n1nccc1NS(=O)(=O)c1cn(C)nc1N. The summed E-state index contributed by atoms with van der Waals surface area (Å²) in [6.07, 6.45) is 2.89. The lowest BCUT2D eigenvalue weighted by Gasteiger charge is -2.12. The Bertz CT molecular complexity index is 685. The Morgan fingerprint density at radius 2 is 2.11 bits per heavy atom. The predicted octanol–water partition coefficient (Wildman–Crippen LogP) is 0.581. The summed E-state index contributed by atoms with van der Waals surface area (Å²) in [7, 11) is -2.16. The van der Waals surface area contributed by atoms with E-state index in [0.717, 1.165) is 0 Å². The van der Waals surface area contributed by atoms with Crippen molar-refractivity contribution in [1.29, 1.82) is 0 Å². The minimum Gasteiger partial charge on any atom is -0.381 e. The van der Waals surface area contributed by atoms with E-state index in [1.807, 2.05) is 13.8 Å². The maximum Gasteiger partial charge on any atom is 0.268 e. The molecule has 0 fully saturated rings. The topological polar surface area (TPSA) is 108 Å². The highest BCUT2D eigenvalue weighted by atomic mass is 32.2. The van der Waals surface area contributed by atoms with Crippen LogP contribution in [0.4, 0.5) is 11.6 Å². The van der Waals surface area contributed by atoms with Crippen molar-refractivity contribution in [2.24, 2.45) is 7.05 Å². The Morgan fingerprint density at radius 1 is 1.42 bits per heavy atom. The van der Waals surface area contributed by atoms with E-state index in [0.29, 0.717) is 5.82 Å². The second kappa shape index (κ2) is 4.57. The number of aryl methyl sites for hydroxylation is 1. The predicted molar refractivity (Wildman–Crippen MR) is 71.0 cm³/mol. The minimum absolute atomic E-state index is 0.0365. The third kappa shape index (κ3) is 2.55. The molecular weight excluding hydrogens is 268 g/mol. The van der Waals surface area contributed by atoms with Gasteiger partial charge in [-0.25, -0.2) is 13.1 Å². The zero-order valence-corrected chi connectivity index (χ0v) is 11.7. The number of nitrogens with one attached hydrogen (secondary N) is 1. The summed E-state index contributed by atoms with van der Waals surface area (Å²) < 4.78 is 29.8. The number of nitrogens with zero attached hydrogens (tertiary/aromatic N) is 4. The molecule has 2 heterocycles. The monoisotopic (exact) mass is 284 g/mol. The molecule has 19 heavy (non-hydrogen) atoms. The Kier molecular flexibility index (Phi) is 3.23. The molecule has 2 rings (SSSR count). The van der Waals surface area contributed by atoms with Crippen molar-refractivity contribution in [3.8, 4) is 0 Å². The van der Waals surface area contributed by atoms with Crippen molar-refractivity contribution in [2.75, 3.05) is 10.5 Å². The van der Waals surface area contributed by atoms with E-state index < -0.39 is 10.0 Å². The molecular formula is C10H16N6O2S.